The van der Waals surface area contributed by atoms with E-state index in [0.29, 0.717) is 5.69 Å². The Labute approximate surface area is 196 Å². The molecular weight excluding hydrogens is 436 g/mol. The fourth-order valence-corrected chi connectivity index (χ4v) is 4.33. The van der Waals surface area contributed by atoms with E-state index >= 15 is 0 Å². The van der Waals surface area contributed by atoms with Crippen LogP contribution in [0.5, 0.6) is 0 Å². The van der Waals surface area contributed by atoms with E-state index < -0.39 is 30.6 Å². The number of carbonyl (C=O) groups is 3. The number of nitrogens with one attached hydrogen (secondary N) is 2. The van der Waals surface area contributed by atoms with Crippen molar-refractivity contribution in [3.05, 3.63) is 77.9 Å². The lowest BCUT2D eigenvalue weighted by Crippen LogP contribution is -2.51. The molecular formula is C25H26N4O5. The number of aromatic nitrogens is 2. The van der Waals surface area contributed by atoms with Gasteiger partial charge >= 0.3 is 12.1 Å². The number of hydrogen-bond acceptors (Lipinski definition) is 5. The molecule has 9 nitrogen and oxygen atoms in total. The Bertz CT molecular complexity index is 1130. The Morgan fingerprint density at radius 1 is 1.12 bits per heavy atom. The van der Waals surface area contributed by atoms with Gasteiger partial charge in [-0.2, -0.15) is 0 Å². The normalized spacial score (nSPS) is 13.0. The third-order valence-electron chi connectivity index (χ3n) is 5.93. The zero-order valence-corrected chi connectivity index (χ0v) is 18.7. The highest BCUT2D eigenvalue weighted by Gasteiger charge is 2.31. The van der Waals surface area contributed by atoms with Crippen molar-refractivity contribution in [2.75, 3.05) is 19.7 Å². The van der Waals surface area contributed by atoms with E-state index in [4.69, 9.17) is 9.84 Å². The van der Waals surface area contributed by atoms with Crippen molar-refractivity contribution < 1.29 is 24.2 Å². The van der Waals surface area contributed by atoms with E-state index in [9.17, 15) is 14.4 Å². The van der Waals surface area contributed by atoms with Crippen LogP contribution >= 0.6 is 0 Å². The third-order valence-corrected chi connectivity index (χ3v) is 5.93. The van der Waals surface area contributed by atoms with Gasteiger partial charge in [-0.3, -0.25) is 9.59 Å². The number of ether oxygens (including phenoxy) is 1. The first kappa shape index (κ1) is 23.0. The monoisotopic (exact) mass is 462 g/mol. The average molecular weight is 463 g/mol. The highest BCUT2D eigenvalue weighted by atomic mass is 16.5. The number of H-pyrrole nitrogens is 1. The molecule has 0 bridgehead atoms. The Morgan fingerprint density at radius 3 is 2.32 bits per heavy atom. The minimum atomic E-state index is -1.13. The van der Waals surface area contributed by atoms with Gasteiger partial charge in [0.05, 0.1) is 6.33 Å². The van der Waals surface area contributed by atoms with E-state index in [1.54, 1.807) is 13.1 Å². The second-order valence-corrected chi connectivity index (χ2v) is 8.05. The number of aromatic amines is 1. The van der Waals surface area contributed by atoms with Crippen molar-refractivity contribution in [1.29, 1.82) is 0 Å². The van der Waals surface area contributed by atoms with Gasteiger partial charge in [0, 0.05) is 30.8 Å². The first-order valence-corrected chi connectivity index (χ1v) is 11.1. The fourth-order valence-electron chi connectivity index (χ4n) is 4.33. The van der Waals surface area contributed by atoms with Gasteiger partial charge in [0.1, 0.15) is 19.2 Å². The molecule has 0 radical (unpaired) electrons. The first-order valence-electron chi connectivity index (χ1n) is 11.1. The fraction of sp³-hybridized carbons (Fsp3) is 0.280. The Balaban J connectivity index is 1.47. The Morgan fingerprint density at radius 2 is 1.76 bits per heavy atom. The number of carboxylic acid groups (broad SMARTS) is 1. The van der Waals surface area contributed by atoms with Gasteiger partial charge in [0.2, 0.25) is 5.91 Å². The number of benzene rings is 2. The number of imidazole rings is 1. The summed E-state index contributed by atoms with van der Waals surface area (Å²) < 4.78 is 5.57. The van der Waals surface area contributed by atoms with Gasteiger partial charge in [-0.1, -0.05) is 48.5 Å². The highest BCUT2D eigenvalue weighted by molar-refractivity contribution is 5.88. The average Bonchev–Trinajstić information content (AvgIpc) is 3.46. The molecule has 1 heterocycles. The van der Waals surface area contributed by atoms with Crippen LogP contribution in [0, 0.1) is 0 Å². The molecule has 1 atom stereocenters. The SMILES string of the molecule is CCN(CC(=O)O)C(=O)C(Cc1cnc[nH]1)NC(=O)OCC1c2ccccc2-c2ccccc21. The third kappa shape index (κ3) is 4.93. The summed E-state index contributed by atoms with van der Waals surface area (Å²) in [6, 6.07) is 15.0. The van der Waals surface area contributed by atoms with Crippen LogP contribution < -0.4 is 5.32 Å². The quantitative estimate of drug-likeness (QED) is 0.449. The van der Waals surface area contributed by atoms with Crippen molar-refractivity contribution in [3.63, 3.8) is 0 Å². The molecule has 3 aromatic rings. The maximum absolute atomic E-state index is 13.0. The largest absolute Gasteiger partial charge is 0.480 e. The number of carbonyl (C=O) groups excluding carboxylic acids is 2. The number of fused-ring (bicyclic) bond motifs is 3. The Kier molecular flexibility index (Phi) is 6.91. The molecule has 2 amide bonds. The predicted octanol–water partition coefficient (Wildman–Crippen LogP) is 2.79. The molecule has 0 aliphatic heterocycles. The number of alkyl carbamates (subject to hydrolysis) is 1. The number of likely N-dealkylation sites (N-methyl/N-ethyl adjacent to an activating group) is 1. The minimum Gasteiger partial charge on any atom is -0.480 e. The number of aliphatic carboxylic acids is 1. The van der Waals surface area contributed by atoms with Crippen LogP contribution in [0.2, 0.25) is 0 Å². The van der Waals surface area contributed by atoms with Crippen molar-refractivity contribution in [1.82, 2.24) is 20.2 Å². The molecule has 1 unspecified atom stereocenters. The summed E-state index contributed by atoms with van der Waals surface area (Å²) in [5.74, 6) is -1.75. The molecule has 1 aromatic heterocycles. The van der Waals surface area contributed by atoms with Crippen LogP contribution in [0.25, 0.3) is 11.1 Å². The lowest BCUT2D eigenvalue weighted by atomic mass is 9.98. The molecule has 176 valence electrons. The molecule has 1 aliphatic rings. The summed E-state index contributed by atoms with van der Waals surface area (Å²) >= 11 is 0. The van der Waals surface area contributed by atoms with Gasteiger partial charge < -0.3 is 25.0 Å². The van der Waals surface area contributed by atoms with Crippen molar-refractivity contribution in [3.8, 4) is 11.1 Å². The first-order chi connectivity index (χ1) is 16.5. The van der Waals surface area contributed by atoms with Crippen LogP contribution in [0.3, 0.4) is 0 Å². The summed E-state index contributed by atoms with van der Waals surface area (Å²) in [5, 5.41) is 11.7. The number of amides is 2. The predicted molar refractivity (Wildman–Crippen MR) is 124 cm³/mol. The maximum atomic E-state index is 13.0. The molecule has 9 heteroatoms. The topological polar surface area (TPSA) is 125 Å². The zero-order valence-electron chi connectivity index (χ0n) is 18.7. The van der Waals surface area contributed by atoms with Gasteiger partial charge in [-0.25, -0.2) is 9.78 Å². The second kappa shape index (κ2) is 10.2. The van der Waals surface area contributed by atoms with Crippen LogP contribution in [0.15, 0.2) is 61.1 Å². The standard InChI is InChI=1S/C25H26N4O5/c1-2-29(13-23(30)31)24(32)22(11-16-12-26-15-27-16)28-25(33)34-14-21-19-9-5-3-7-17(19)18-8-4-6-10-20(18)21/h3-10,12,15,21-22H,2,11,13-14H2,1H3,(H,26,27)(H,28,33)(H,30,31). The molecule has 1 aliphatic carbocycles. The number of hydrogen-bond donors (Lipinski definition) is 3. The van der Waals surface area contributed by atoms with E-state index in [2.05, 4.69) is 27.4 Å². The number of rotatable bonds is 9. The smallest absolute Gasteiger partial charge is 0.407 e. The molecule has 0 spiro atoms. The maximum Gasteiger partial charge on any atom is 0.407 e. The van der Waals surface area contributed by atoms with Gasteiger partial charge in [0.25, 0.3) is 0 Å². The van der Waals surface area contributed by atoms with E-state index in [0.717, 1.165) is 22.3 Å². The van der Waals surface area contributed by atoms with E-state index in [1.165, 1.54) is 11.2 Å². The summed E-state index contributed by atoms with van der Waals surface area (Å²) in [7, 11) is 0. The van der Waals surface area contributed by atoms with Crippen LogP contribution in [0.1, 0.15) is 29.7 Å². The van der Waals surface area contributed by atoms with Gasteiger partial charge in [0.15, 0.2) is 0 Å². The summed E-state index contributed by atoms with van der Waals surface area (Å²) in [4.78, 5) is 45.0. The molecule has 3 N–H and O–H groups in total. The van der Waals surface area contributed by atoms with Crippen molar-refractivity contribution >= 4 is 18.0 Å². The minimum absolute atomic E-state index is 0.109. The molecule has 0 saturated carbocycles. The lowest BCUT2D eigenvalue weighted by molar-refractivity contribution is -0.145. The van der Waals surface area contributed by atoms with Crippen LogP contribution in [-0.4, -0.2) is 63.7 Å². The van der Waals surface area contributed by atoms with Gasteiger partial charge in [-0.15, -0.1) is 0 Å². The van der Waals surface area contributed by atoms with Gasteiger partial charge in [-0.05, 0) is 29.2 Å². The molecule has 34 heavy (non-hydrogen) atoms. The molecule has 2 aromatic carbocycles. The number of carboxylic acids is 1. The van der Waals surface area contributed by atoms with E-state index in [-0.39, 0.29) is 25.5 Å². The van der Waals surface area contributed by atoms with Crippen LogP contribution in [-0.2, 0) is 20.7 Å². The summed E-state index contributed by atoms with van der Waals surface area (Å²) in [6.45, 7) is 1.52. The van der Waals surface area contributed by atoms with Crippen LogP contribution in [0.4, 0.5) is 4.79 Å². The number of nitrogens with zero attached hydrogens (tertiary/aromatic N) is 2. The molecule has 0 fully saturated rings. The molecule has 4 rings (SSSR count). The van der Waals surface area contributed by atoms with E-state index in [1.807, 2.05) is 36.4 Å². The summed E-state index contributed by atoms with van der Waals surface area (Å²) in [6.07, 6.45) is 2.40. The lowest BCUT2D eigenvalue weighted by Gasteiger charge is -2.25. The summed E-state index contributed by atoms with van der Waals surface area (Å²) in [5.41, 5.74) is 5.03. The van der Waals surface area contributed by atoms with Crippen molar-refractivity contribution in [2.24, 2.45) is 0 Å². The highest BCUT2D eigenvalue weighted by Crippen LogP contribution is 2.44. The zero-order chi connectivity index (χ0) is 24.1. The van der Waals surface area contributed by atoms with Crippen molar-refractivity contribution in [2.45, 2.75) is 25.3 Å². The second-order valence-electron chi connectivity index (χ2n) is 8.05. The molecule has 0 saturated heterocycles. The Hall–Kier alpha value is -4.14.